The average molecular weight is 322 g/mol. The molecule has 0 radical (unpaired) electrons. The van der Waals surface area contributed by atoms with Gasteiger partial charge in [-0.1, -0.05) is 23.2 Å². The van der Waals surface area contributed by atoms with Gasteiger partial charge in [-0.2, -0.15) is 0 Å². The van der Waals surface area contributed by atoms with E-state index in [0.29, 0.717) is 11.5 Å². The SMILES string of the molecule is Nc1c(Cl)cc(NC(=O)c2cn3cccnc3n2)cc1Cl. The van der Waals surface area contributed by atoms with Gasteiger partial charge in [-0.05, 0) is 18.2 Å². The number of benzene rings is 1. The van der Waals surface area contributed by atoms with Crippen molar-refractivity contribution in [2.24, 2.45) is 0 Å². The first-order chi connectivity index (χ1) is 10.0. The van der Waals surface area contributed by atoms with E-state index >= 15 is 0 Å². The van der Waals surface area contributed by atoms with Gasteiger partial charge >= 0.3 is 0 Å². The van der Waals surface area contributed by atoms with Gasteiger partial charge in [0.1, 0.15) is 5.69 Å². The minimum absolute atomic E-state index is 0.234. The van der Waals surface area contributed by atoms with Crippen LogP contribution < -0.4 is 11.1 Å². The molecule has 0 spiro atoms. The molecule has 2 heterocycles. The molecular weight excluding hydrogens is 313 g/mol. The molecule has 8 heteroatoms. The molecule has 0 bridgehead atoms. The van der Waals surface area contributed by atoms with Gasteiger partial charge in [0.15, 0.2) is 0 Å². The van der Waals surface area contributed by atoms with Gasteiger partial charge < -0.3 is 11.1 Å². The van der Waals surface area contributed by atoms with Gasteiger partial charge in [0.2, 0.25) is 5.78 Å². The molecule has 0 saturated heterocycles. The number of nitrogens with one attached hydrogen (secondary N) is 1. The van der Waals surface area contributed by atoms with E-state index in [1.54, 1.807) is 29.1 Å². The first-order valence-electron chi connectivity index (χ1n) is 5.90. The van der Waals surface area contributed by atoms with Crippen LogP contribution in [-0.4, -0.2) is 20.3 Å². The lowest BCUT2D eigenvalue weighted by Crippen LogP contribution is -2.12. The fourth-order valence-corrected chi connectivity index (χ4v) is 2.28. The first-order valence-corrected chi connectivity index (χ1v) is 6.66. The zero-order valence-electron chi connectivity index (χ0n) is 10.5. The van der Waals surface area contributed by atoms with Crippen LogP contribution in [0.3, 0.4) is 0 Å². The maximum Gasteiger partial charge on any atom is 0.275 e. The Hall–Kier alpha value is -2.31. The number of rotatable bonds is 2. The van der Waals surface area contributed by atoms with Crippen molar-refractivity contribution >= 4 is 46.3 Å². The molecule has 2 aromatic heterocycles. The lowest BCUT2D eigenvalue weighted by Gasteiger charge is -2.07. The molecule has 3 aromatic rings. The number of hydrogen-bond acceptors (Lipinski definition) is 4. The highest BCUT2D eigenvalue weighted by molar-refractivity contribution is 6.39. The number of anilines is 2. The summed E-state index contributed by atoms with van der Waals surface area (Å²) in [5, 5.41) is 3.21. The second-order valence-corrected chi connectivity index (χ2v) is 5.08. The van der Waals surface area contributed by atoms with Gasteiger partial charge in [0, 0.05) is 24.3 Å². The average Bonchev–Trinajstić information content (AvgIpc) is 2.88. The van der Waals surface area contributed by atoms with Crippen molar-refractivity contribution in [1.82, 2.24) is 14.4 Å². The smallest absolute Gasteiger partial charge is 0.275 e. The van der Waals surface area contributed by atoms with Gasteiger partial charge in [0.25, 0.3) is 5.91 Å². The van der Waals surface area contributed by atoms with Crippen molar-refractivity contribution in [1.29, 1.82) is 0 Å². The molecule has 106 valence electrons. The number of hydrogen-bond donors (Lipinski definition) is 2. The molecule has 3 N–H and O–H groups in total. The predicted octanol–water partition coefficient (Wildman–Crippen LogP) is 2.87. The number of aromatic nitrogens is 3. The van der Waals surface area contributed by atoms with Gasteiger partial charge in [-0.15, -0.1) is 0 Å². The summed E-state index contributed by atoms with van der Waals surface area (Å²) < 4.78 is 1.65. The molecule has 1 amide bonds. The minimum Gasteiger partial charge on any atom is -0.396 e. The third-order valence-electron chi connectivity index (χ3n) is 2.81. The van der Waals surface area contributed by atoms with E-state index < -0.39 is 5.91 Å². The number of fused-ring (bicyclic) bond motifs is 1. The van der Waals surface area contributed by atoms with Crippen LogP contribution in [0.5, 0.6) is 0 Å². The van der Waals surface area contributed by atoms with Gasteiger partial charge in [-0.25, -0.2) is 9.97 Å². The number of halogens is 2. The van der Waals surface area contributed by atoms with E-state index in [-0.39, 0.29) is 21.4 Å². The Bertz CT molecular complexity index is 789. The molecule has 1 aromatic carbocycles. The normalized spacial score (nSPS) is 10.8. The Morgan fingerprint density at radius 1 is 1.29 bits per heavy atom. The molecule has 21 heavy (non-hydrogen) atoms. The monoisotopic (exact) mass is 321 g/mol. The second-order valence-electron chi connectivity index (χ2n) is 4.26. The number of nitrogens with two attached hydrogens (primary N) is 1. The number of carbonyl (C=O) groups is 1. The summed E-state index contributed by atoms with van der Waals surface area (Å²) in [5.41, 5.74) is 6.59. The van der Waals surface area contributed by atoms with Crippen LogP contribution in [0.4, 0.5) is 11.4 Å². The van der Waals surface area contributed by atoms with Crippen molar-refractivity contribution in [3.8, 4) is 0 Å². The van der Waals surface area contributed by atoms with E-state index in [9.17, 15) is 4.79 Å². The Balaban J connectivity index is 1.89. The van der Waals surface area contributed by atoms with Crippen LogP contribution in [0.15, 0.2) is 36.8 Å². The third-order valence-corrected chi connectivity index (χ3v) is 3.43. The van der Waals surface area contributed by atoms with Crippen LogP contribution in [-0.2, 0) is 0 Å². The van der Waals surface area contributed by atoms with E-state index in [1.807, 2.05) is 0 Å². The molecule has 0 aliphatic rings. The lowest BCUT2D eigenvalue weighted by atomic mass is 10.2. The lowest BCUT2D eigenvalue weighted by molar-refractivity contribution is 0.102. The van der Waals surface area contributed by atoms with Crippen molar-refractivity contribution in [3.63, 3.8) is 0 Å². The summed E-state index contributed by atoms with van der Waals surface area (Å²) in [6.45, 7) is 0. The summed E-state index contributed by atoms with van der Waals surface area (Å²) in [7, 11) is 0. The zero-order valence-corrected chi connectivity index (χ0v) is 12.1. The molecular formula is C13H9Cl2N5O. The highest BCUT2D eigenvalue weighted by Gasteiger charge is 2.13. The molecule has 6 nitrogen and oxygen atoms in total. The molecule has 3 rings (SSSR count). The molecule has 0 aliphatic carbocycles. The molecule has 0 aliphatic heterocycles. The number of carbonyl (C=O) groups excluding carboxylic acids is 1. The maximum atomic E-state index is 12.2. The van der Waals surface area contributed by atoms with E-state index in [0.717, 1.165) is 0 Å². The van der Waals surface area contributed by atoms with E-state index in [4.69, 9.17) is 28.9 Å². The second kappa shape index (κ2) is 5.23. The Morgan fingerprint density at radius 2 is 2.00 bits per heavy atom. The highest BCUT2D eigenvalue weighted by Crippen LogP contribution is 2.31. The van der Waals surface area contributed by atoms with Gasteiger partial charge in [-0.3, -0.25) is 9.20 Å². The summed E-state index contributed by atoms with van der Waals surface area (Å²) in [6.07, 6.45) is 4.94. The summed E-state index contributed by atoms with van der Waals surface area (Å²) in [4.78, 5) is 20.3. The van der Waals surface area contributed by atoms with E-state index in [1.165, 1.54) is 12.1 Å². The van der Waals surface area contributed by atoms with Crippen molar-refractivity contribution in [3.05, 3.63) is 52.5 Å². The molecule has 0 unspecified atom stereocenters. The number of nitrogens with zero attached hydrogens (tertiary/aromatic N) is 3. The minimum atomic E-state index is -0.391. The van der Waals surface area contributed by atoms with Crippen molar-refractivity contribution < 1.29 is 4.79 Å². The van der Waals surface area contributed by atoms with Crippen LogP contribution >= 0.6 is 23.2 Å². The molecule has 0 saturated carbocycles. The quantitative estimate of drug-likeness (QED) is 0.711. The van der Waals surface area contributed by atoms with E-state index in [2.05, 4.69) is 15.3 Å². The van der Waals surface area contributed by atoms with Crippen molar-refractivity contribution in [2.75, 3.05) is 11.1 Å². The standard InChI is InChI=1S/C13H9Cl2N5O/c14-8-4-7(5-9(15)11(8)16)18-12(21)10-6-20-3-1-2-17-13(20)19-10/h1-6H,16H2,(H,18,21). The Morgan fingerprint density at radius 3 is 2.67 bits per heavy atom. The van der Waals surface area contributed by atoms with Crippen LogP contribution in [0.2, 0.25) is 10.0 Å². The first kappa shape index (κ1) is 13.7. The predicted molar refractivity (Wildman–Crippen MR) is 81.8 cm³/mol. The summed E-state index contributed by atoms with van der Waals surface area (Å²) in [5.74, 6) is 0.0495. The zero-order chi connectivity index (χ0) is 15.0. The van der Waals surface area contributed by atoms with Gasteiger partial charge in [0.05, 0.1) is 15.7 Å². The van der Waals surface area contributed by atoms with Crippen LogP contribution in [0, 0.1) is 0 Å². The van der Waals surface area contributed by atoms with Crippen molar-refractivity contribution in [2.45, 2.75) is 0 Å². The molecule has 0 atom stereocenters. The molecule has 0 fully saturated rings. The Kier molecular flexibility index (Phi) is 3.40. The maximum absolute atomic E-state index is 12.2. The Labute approximate surface area is 129 Å². The number of imidazole rings is 1. The third kappa shape index (κ3) is 2.63. The fourth-order valence-electron chi connectivity index (χ4n) is 1.79. The van der Waals surface area contributed by atoms with Crippen LogP contribution in [0.1, 0.15) is 10.5 Å². The number of amides is 1. The summed E-state index contributed by atoms with van der Waals surface area (Å²) in [6, 6.07) is 4.79. The van der Waals surface area contributed by atoms with Crippen LogP contribution in [0.25, 0.3) is 5.78 Å². The highest BCUT2D eigenvalue weighted by atomic mass is 35.5. The summed E-state index contributed by atoms with van der Waals surface area (Å²) >= 11 is 11.8. The topological polar surface area (TPSA) is 85.3 Å². The largest absolute Gasteiger partial charge is 0.396 e. The fraction of sp³-hybridized carbons (Fsp3) is 0. The number of nitrogen functional groups attached to an aromatic ring is 1.